The molecule has 1 unspecified atom stereocenters. The number of aromatic nitrogens is 4. The van der Waals surface area contributed by atoms with Crippen LogP contribution in [0, 0.1) is 11.8 Å². The van der Waals surface area contributed by atoms with Crippen molar-refractivity contribution in [2.45, 2.75) is 57.9 Å². The van der Waals surface area contributed by atoms with E-state index >= 15 is 0 Å². The molecule has 0 aromatic carbocycles. The number of nitrogens with two attached hydrogens (primary N) is 1. The van der Waals surface area contributed by atoms with Crippen molar-refractivity contribution < 1.29 is 23.6 Å². The highest BCUT2D eigenvalue weighted by molar-refractivity contribution is 7.47. The van der Waals surface area contributed by atoms with Gasteiger partial charge in [-0.25, -0.2) is 19.5 Å². The number of aliphatic hydroxyl groups is 1. The Balaban J connectivity index is 1.45. The molecule has 0 aliphatic heterocycles. The van der Waals surface area contributed by atoms with Crippen LogP contribution in [0.5, 0.6) is 0 Å². The predicted molar refractivity (Wildman–Crippen MR) is 113 cm³/mol. The van der Waals surface area contributed by atoms with Gasteiger partial charge in [-0.15, -0.1) is 0 Å². The normalized spacial score (nSPS) is 23.4. The Kier molecular flexibility index (Phi) is 8.19. The van der Waals surface area contributed by atoms with Gasteiger partial charge in [-0.3, -0.25) is 9.05 Å². The number of hydrogen-bond acceptors (Lipinski definition) is 8. The molecule has 3 rings (SSSR count). The largest absolute Gasteiger partial charge is 0.472 e. The minimum Gasteiger partial charge on any atom is -0.396 e. The number of nitrogen functional groups attached to an aromatic ring is 1. The van der Waals surface area contributed by atoms with Gasteiger partial charge in [0.1, 0.15) is 11.8 Å². The molecule has 1 aliphatic carbocycles. The SMILES string of the molecule is CCCCCCCCOP(=O)(O)OC[C@H]1C[C@@H](n2cnc3c(N)ncnc32)[C@H]1CO. The van der Waals surface area contributed by atoms with Crippen LogP contribution < -0.4 is 5.73 Å². The first-order valence-electron chi connectivity index (χ1n) is 10.6. The first-order valence-corrected chi connectivity index (χ1v) is 12.1. The molecule has 1 saturated carbocycles. The Morgan fingerprint density at radius 1 is 1.20 bits per heavy atom. The van der Waals surface area contributed by atoms with Gasteiger partial charge in [-0.05, 0) is 18.8 Å². The van der Waals surface area contributed by atoms with Crippen molar-refractivity contribution in [1.82, 2.24) is 19.5 Å². The highest BCUT2D eigenvalue weighted by atomic mass is 31.2. The lowest BCUT2D eigenvalue weighted by Crippen LogP contribution is -2.42. The first kappa shape index (κ1) is 23.1. The van der Waals surface area contributed by atoms with E-state index in [4.69, 9.17) is 14.8 Å². The van der Waals surface area contributed by atoms with Crippen molar-refractivity contribution in [1.29, 1.82) is 0 Å². The fraction of sp³-hybridized carbons (Fsp3) is 0.737. The molecule has 1 fully saturated rings. The molecular formula is C19H32N5O5P. The molecule has 2 aromatic heterocycles. The number of aliphatic hydroxyl groups excluding tert-OH is 1. The summed E-state index contributed by atoms with van der Waals surface area (Å²) in [5.74, 6) is 0.106. The summed E-state index contributed by atoms with van der Waals surface area (Å²) in [6.07, 6.45) is 10.1. The highest BCUT2D eigenvalue weighted by Gasteiger charge is 2.43. The molecule has 2 heterocycles. The van der Waals surface area contributed by atoms with Crippen LogP contribution in [-0.4, -0.2) is 49.3 Å². The smallest absolute Gasteiger partial charge is 0.396 e. The van der Waals surface area contributed by atoms with Crippen LogP contribution in [0.15, 0.2) is 12.7 Å². The summed E-state index contributed by atoms with van der Waals surface area (Å²) in [4.78, 5) is 22.3. The van der Waals surface area contributed by atoms with Crippen molar-refractivity contribution in [3.63, 3.8) is 0 Å². The van der Waals surface area contributed by atoms with Crippen LogP contribution >= 0.6 is 7.82 Å². The zero-order valence-corrected chi connectivity index (χ0v) is 18.3. The number of fused-ring (bicyclic) bond motifs is 1. The van der Waals surface area contributed by atoms with Gasteiger partial charge in [0.05, 0.1) is 19.5 Å². The maximum atomic E-state index is 12.1. The van der Waals surface area contributed by atoms with Crippen LogP contribution in [0.3, 0.4) is 0 Å². The number of unbranched alkanes of at least 4 members (excludes halogenated alkanes) is 5. The molecule has 10 nitrogen and oxygen atoms in total. The zero-order valence-electron chi connectivity index (χ0n) is 17.4. The zero-order chi connectivity index (χ0) is 21.6. The van der Waals surface area contributed by atoms with Crippen molar-refractivity contribution in [2.24, 2.45) is 11.8 Å². The summed E-state index contributed by atoms with van der Waals surface area (Å²) in [5, 5.41) is 9.83. The standard InChI is InChI=1S/C19H32N5O5P/c1-2-3-4-5-6-7-8-28-30(26,27)29-11-14-9-16(15(14)10-25)24-13-23-17-18(20)21-12-22-19(17)24/h12-16,25H,2-11H2,1H3,(H,26,27)(H2,20,21,22)/t14-,15+,16-/m1/s1. The average Bonchev–Trinajstić information content (AvgIpc) is 3.12. The van der Waals surface area contributed by atoms with Gasteiger partial charge in [0.2, 0.25) is 0 Å². The summed E-state index contributed by atoms with van der Waals surface area (Å²) in [6, 6.07) is -0.0370. The van der Waals surface area contributed by atoms with Crippen LogP contribution in [0.1, 0.15) is 57.9 Å². The maximum Gasteiger partial charge on any atom is 0.472 e. The number of imidazole rings is 1. The number of nitrogens with zero attached hydrogens (tertiary/aromatic N) is 4. The lowest BCUT2D eigenvalue weighted by Gasteiger charge is -2.44. The van der Waals surface area contributed by atoms with Crippen LogP contribution in [-0.2, 0) is 13.6 Å². The predicted octanol–water partition coefficient (Wildman–Crippen LogP) is 3.07. The van der Waals surface area contributed by atoms with E-state index < -0.39 is 7.82 Å². The van der Waals surface area contributed by atoms with E-state index in [1.807, 2.05) is 4.57 Å². The maximum absolute atomic E-state index is 12.1. The van der Waals surface area contributed by atoms with Gasteiger partial charge in [-0.1, -0.05) is 39.0 Å². The summed E-state index contributed by atoms with van der Waals surface area (Å²) in [6.45, 7) is 2.35. The molecule has 11 heteroatoms. The minimum atomic E-state index is -4.09. The van der Waals surface area contributed by atoms with E-state index in [2.05, 4.69) is 21.9 Å². The summed E-state index contributed by atoms with van der Waals surface area (Å²) in [7, 11) is -4.09. The molecule has 0 bridgehead atoms. The number of anilines is 1. The molecule has 0 saturated heterocycles. The third-order valence-corrected chi connectivity index (χ3v) is 6.79. The summed E-state index contributed by atoms with van der Waals surface area (Å²) >= 11 is 0. The fourth-order valence-electron chi connectivity index (χ4n) is 3.96. The van der Waals surface area contributed by atoms with Crippen molar-refractivity contribution in [3.8, 4) is 0 Å². The Hall–Kier alpha value is -1.58. The van der Waals surface area contributed by atoms with Crippen LogP contribution in [0.25, 0.3) is 11.2 Å². The van der Waals surface area contributed by atoms with Gasteiger partial charge < -0.3 is 20.3 Å². The molecule has 30 heavy (non-hydrogen) atoms. The Morgan fingerprint density at radius 2 is 1.97 bits per heavy atom. The lowest BCUT2D eigenvalue weighted by atomic mass is 9.70. The van der Waals surface area contributed by atoms with Crippen LogP contribution in [0.2, 0.25) is 0 Å². The van der Waals surface area contributed by atoms with Crippen molar-refractivity contribution in [3.05, 3.63) is 12.7 Å². The van der Waals surface area contributed by atoms with Crippen LogP contribution in [0.4, 0.5) is 5.82 Å². The van der Waals surface area contributed by atoms with E-state index in [1.165, 1.54) is 25.6 Å². The Morgan fingerprint density at radius 3 is 2.73 bits per heavy atom. The molecule has 4 N–H and O–H groups in total. The second-order valence-electron chi connectivity index (χ2n) is 7.86. The second kappa shape index (κ2) is 10.6. The van der Waals surface area contributed by atoms with E-state index in [-0.39, 0.29) is 37.7 Å². The van der Waals surface area contributed by atoms with Crippen molar-refractivity contribution >= 4 is 24.8 Å². The minimum absolute atomic E-state index is 0.0370. The molecule has 2 aromatic rings. The fourth-order valence-corrected chi connectivity index (χ4v) is 4.78. The molecule has 0 spiro atoms. The highest BCUT2D eigenvalue weighted by Crippen LogP contribution is 2.49. The number of phosphoric ester groups is 1. The van der Waals surface area contributed by atoms with E-state index in [0.29, 0.717) is 23.4 Å². The van der Waals surface area contributed by atoms with E-state index in [1.54, 1.807) is 6.33 Å². The van der Waals surface area contributed by atoms with Gasteiger partial charge in [0.15, 0.2) is 11.5 Å². The summed E-state index contributed by atoms with van der Waals surface area (Å²) < 4.78 is 24.3. The van der Waals surface area contributed by atoms with E-state index in [0.717, 1.165) is 19.3 Å². The van der Waals surface area contributed by atoms with Gasteiger partial charge in [0.25, 0.3) is 0 Å². The average molecular weight is 441 g/mol. The third-order valence-electron chi connectivity index (χ3n) is 5.80. The second-order valence-corrected chi connectivity index (χ2v) is 9.31. The quantitative estimate of drug-likeness (QED) is 0.315. The van der Waals surface area contributed by atoms with Gasteiger partial charge in [-0.2, -0.15) is 0 Å². The first-order chi connectivity index (χ1) is 14.5. The number of phosphoric acid groups is 1. The molecule has 1 aliphatic rings. The van der Waals surface area contributed by atoms with Gasteiger partial charge in [0, 0.05) is 18.6 Å². The molecule has 0 amide bonds. The third kappa shape index (κ3) is 5.56. The monoisotopic (exact) mass is 441 g/mol. The number of hydrogen-bond donors (Lipinski definition) is 3. The molecular weight excluding hydrogens is 409 g/mol. The summed E-state index contributed by atoms with van der Waals surface area (Å²) in [5.41, 5.74) is 6.97. The number of rotatable bonds is 13. The molecule has 168 valence electrons. The van der Waals surface area contributed by atoms with E-state index in [9.17, 15) is 14.6 Å². The lowest BCUT2D eigenvalue weighted by molar-refractivity contribution is -0.00810. The van der Waals surface area contributed by atoms with Gasteiger partial charge >= 0.3 is 7.82 Å². The Bertz CT molecular complexity index is 863. The molecule has 0 radical (unpaired) electrons. The Labute approximate surface area is 176 Å². The topological polar surface area (TPSA) is 146 Å². The molecule has 4 atom stereocenters. The van der Waals surface area contributed by atoms with Crippen molar-refractivity contribution in [2.75, 3.05) is 25.6 Å².